The zero-order chi connectivity index (χ0) is 17.9. The summed E-state index contributed by atoms with van der Waals surface area (Å²) in [7, 11) is 0. The second kappa shape index (κ2) is 10.8. The number of amides is 3. The van der Waals surface area contributed by atoms with Crippen molar-refractivity contribution in [2.45, 2.75) is 32.1 Å². The van der Waals surface area contributed by atoms with Gasteiger partial charge in [-0.3, -0.25) is 4.79 Å². The van der Waals surface area contributed by atoms with Crippen LogP contribution in [0.15, 0.2) is 24.3 Å². The maximum atomic E-state index is 11.7. The first-order valence-electron chi connectivity index (χ1n) is 8.80. The monoisotopic (exact) mass is 367 g/mol. The zero-order valence-electron chi connectivity index (χ0n) is 14.4. The van der Waals surface area contributed by atoms with Crippen molar-refractivity contribution in [3.8, 4) is 5.75 Å². The number of halogens is 1. The highest BCUT2D eigenvalue weighted by molar-refractivity contribution is 6.30. The number of carbonyl (C=O) groups excluding carboxylic acids is 2. The summed E-state index contributed by atoms with van der Waals surface area (Å²) in [5.74, 6) is 1.32. The van der Waals surface area contributed by atoms with Gasteiger partial charge in [0.25, 0.3) is 0 Å². The normalized spacial score (nSPS) is 14.1. The molecule has 0 bridgehead atoms. The summed E-state index contributed by atoms with van der Waals surface area (Å²) in [4.78, 5) is 23.4. The van der Waals surface area contributed by atoms with Crippen molar-refractivity contribution in [1.82, 2.24) is 16.0 Å². The van der Waals surface area contributed by atoms with Gasteiger partial charge < -0.3 is 20.7 Å². The van der Waals surface area contributed by atoms with E-state index in [9.17, 15) is 9.59 Å². The topological polar surface area (TPSA) is 79.5 Å². The molecule has 1 aromatic carbocycles. The van der Waals surface area contributed by atoms with Gasteiger partial charge in [0, 0.05) is 24.5 Å². The lowest BCUT2D eigenvalue weighted by molar-refractivity contribution is -0.121. The Hall–Kier alpha value is -1.95. The number of rotatable bonds is 9. The molecule has 0 saturated heterocycles. The van der Waals surface area contributed by atoms with Gasteiger partial charge in [-0.15, -0.1) is 0 Å². The second-order valence-electron chi connectivity index (χ2n) is 6.19. The van der Waals surface area contributed by atoms with Crippen molar-refractivity contribution in [2.24, 2.45) is 5.92 Å². The molecule has 3 amide bonds. The van der Waals surface area contributed by atoms with Crippen LogP contribution in [0.5, 0.6) is 5.75 Å². The van der Waals surface area contributed by atoms with Crippen LogP contribution in [0.2, 0.25) is 5.02 Å². The number of benzene rings is 1. The number of urea groups is 1. The Morgan fingerprint density at radius 1 is 1.00 bits per heavy atom. The van der Waals surface area contributed by atoms with Crippen LogP contribution in [0.1, 0.15) is 32.1 Å². The van der Waals surface area contributed by atoms with Crippen LogP contribution in [0.25, 0.3) is 0 Å². The molecule has 0 aliphatic heterocycles. The lowest BCUT2D eigenvalue weighted by Gasteiger charge is -2.11. The summed E-state index contributed by atoms with van der Waals surface area (Å²) < 4.78 is 5.47. The molecule has 138 valence electrons. The van der Waals surface area contributed by atoms with Gasteiger partial charge in [0.1, 0.15) is 12.4 Å². The van der Waals surface area contributed by atoms with Crippen molar-refractivity contribution in [2.75, 3.05) is 26.2 Å². The van der Waals surface area contributed by atoms with E-state index in [1.165, 1.54) is 12.8 Å². The van der Waals surface area contributed by atoms with E-state index in [1.54, 1.807) is 24.3 Å². The zero-order valence-corrected chi connectivity index (χ0v) is 15.1. The van der Waals surface area contributed by atoms with Crippen LogP contribution in [-0.4, -0.2) is 38.2 Å². The molecular formula is C18H26ClN3O3. The Bertz CT molecular complexity index is 545. The number of hydrogen-bond donors (Lipinski definition) is 3. The van der Waals surface area contributed by atoms with Crippen molar-refractivity contribution in [3.63, 3.8) is 0 Å². The number of hydrogen-bond acceptors (Lipinski definition) is 3. The van der Waals surface area contributed by atoms with Crippen molar-refractivity contribution >= 4 is 23.5 Å². The van der Waals surface area contributed by atoms with E-state index >= 15 is 0 Å². The van der Waals surface area contributed by atoms with Crippen molar-refractivity contribution in [1.29, 1.82) is 0 Å². The number of nitrogens with one attached hydrogen (secondary N) is 3. The van der Waals surface area contributed by atoms with Crippen LogP contribution in [0, 0.1) is 5.92 Å². The van der Waals surface area contributed by atoms with Gasteiger partial charge >= 0.3 is 6.03 Å². The highest BCUT2D eigenvalue weighted by Gasteiger charge is 2.17. The minimum absolute atomic E-state index is 0.0745. The first kappa shape index (κ1) is 19.4. The van der Waals surface area contributed by atoms with Crippen molar-refractivity contribution < 1.29 is 14.3 Å². The molecule has 1 aliphatic rings. The molecule has 0 heterocycles. The Kier molecular flexibility index (Phi) is 8.39. The van der Waals surface area contributed by atoms with E-state index in [2.05, 4.69) is 16.0 Å². The molecule has 1 fully saturated rings. The Morgan fingerprint density at radius 3 is 2.36 bits per heavy atom. The van der Waals surface area contributed by atoms with Crippen LogP contribution in [-0.2, 0) is 4.79 Å². The predicted octanol–water partition coefficient (Wildman–Crippen LogP) is 2.71. The third kappa shape index (κ3) is 8.12. The summed E-state index contributed by atoms with van der Waals surface area (Å²) in [6.45, 7) is 1.61. The fourth-order valence-electron chi connectivity index (χ4n) is 2.85. The lowest BCUT2D eigenvalue weighted by Crippen LogP contribution is -2.41. The van der Waals surface area contributed by atoms with Gasteiger partial charge in [0.05, 0.1) is 6.54 Å². The first-order chi connectivity index (χ1) is 12.1. The molecule has 2 rings (SSSR count). The summed E-state index contributed by atoms with van der Waals surface area (Å²) in [6, 6.07) is 6.77. The molecule has 0 radical (unpaired) electrons. The van der Waals surface area contributed by atoms with Gasteiger partial charge in [-0.2, -0.15) is 0 Å². The minimum atomic E-state index is -0.273. The molecule has 0 spiro atoms. The SMILES string of the molecule is O=C(CC1CCCC1)NCCNC(=O)NCCOc1ccc(Cl)cc1. The van der Waals surface area contributed by atoms with Gasteiger partial charge in [-0.05, 0) is 43.0 Å². The maximum Gasteiger partial charge on any atom is 0.314 e. The highest BCUT2D eigenvalue weighted by Crippen LogP contribution is 2.27. The molecule has 25 heavy (non-hydrogen) atoms. The molecule has 0 unspecified atom stereocenters. The fourth-order valence-corrected chi connectivity index (χ4v) is 2.98. The Labute approximate surface area is 153 Å². The summed E-state index contributed by atoms with van der Waals surface area (Å²) >= 11 is 5.79. The molecule has 7 heteroatoms. The third-order valence-corrected chi connectivity index (χ3v) is 4.40. The molecule has 0 atom stereocenters. The van der Waals surface area contributed by atoms with E-state index < -0.39 is 0 Å². The van der Waals surface area contributed by atoms with Gasteiger partial charge in [-0.25, -0.2) is 4.79 Å². The van der Waals surface area contributed by atoms with E-state index in [4.69, 9.17) is 16.3 Å². The average molecular weight is 368 g/mol. The van der Waals surface area contributed by atoms with Crippen LogP contribution < -0.4 is 20.7 Å². The minimum Gasteiger partial charge on any atom is -0.492 e. The predicted molar refractivity (Wildman–Crippen MR) is 97.9 cm³/mol. The van der Waals surface area contributed by atoms with Crippen LogP contribution in [0.4, 0.5) is 4.79 Å². The third-order valence-electron chi connectivity index (χ3n) is 4.15. The smallest absolute Gasteiger partial charge is 0.314 e. The molecule has 3 N–H and O–H groups in total. The molecule has 1 saturated carbocycles. The lowest BCUT2D eigenvalue weighted by atomic mass is 10.0. The summed E-state index contributed by atoms with van der Waals surface area (Å²) in [5, 5.41) is 8.89. The summed E-state index contributed by atoms with van der Waals surface area (Å²) in [6.07, 6.45) is 5.40. The number of ether oxygens (including phenoxy) is 1. The second-order valence-corrected chi connectivity index (χ2v) is 6.63. The molecular weight excluding hydrogens is 342 g/mol. The first-order valence-corrected chi connectivity index (χ1v) is 9.18. The molecule has 1 aliphatic carbocycles. The molecule has 0 aromatic heterocycles. The van der Waals surface area contributed by atoms with Crippen molar-refractivity contribution in [3.05, 3.63) is 29.3 Å². The van der Waals surface area contributed by atoms with Gasteiger partial charge in [-0.1, -0.05) is 24.4 Å². The Balaban J connectivity index is 1.45. The maximum absolute atomic E-state index is 11.7. The standard InChI is InChI=1S/C18H26ClN3O3/c19-15-5-7-16(8-6-15)25-12-11-22-18(24)21-10-9-20-17(23)13-14-3-1-2-4-14/h5-8,14H,1-4,9-13H2,(H,20,23)(H2,21,22,24). The van der Waals surface area contributed by atoms with Crippen LogP contribution in [0.3, 0.4) is 0 Å². The van der Waals surface area contributed by atoms with E-state index in [1.807, 2.05) is 0 Å². The fraction of sp³-hybridized carbons (Fsp3) is 0.556. The van der Waals surface area contributed by atoms with E-state index in [-0.39, 0.29) is 11.9 Å². The number of carbonyl (C=O) groups is 2. The molecule has 1 aromatic rings. The van der Waals surface area contributed by atoms with Crippen LogP contribution >= 0.6 is 11.6 Å². The van der Waals surface area contributed by atoms with Gasteiger partial charge in [0.2, 0.25) is 5.91 Å². The highest BCUT2D eigenvalue weighted by atomic mass is 35.5. The van der Waals surface area contributed by atoms with E-state index in [0.717, 1.165) is 12.8 Å². The van der Waals surface area contributed by atoms with E-state index in [0.29, 0.717) is 49.4 Å². The quantitative estimate of drug-likeness (QED) is 0.587. The molecule has 6 nitrogen and oxygen atoms in total. The van der Waals surface area contributed by atoms with Gasteiger partial charge in [0.15, 0.2) is 0 Å². The Morgan fingerprint density at radius 2 is 1.64 bits per heavy atom. The average Bonchev–Trinajstić information content (AvgIpc) is 3.10. The summed E-state index contributed by atoms with van der Waals surface area (Å²) in [5.41, 5.74) is 0. The largest absolute Gasteiger partial charge is 0.492 e.